The molecule has 2 saturated heterocycles. The number of nitrogens with one attached hydrogen (secondary N) is 4. The number of hydrogen-bond donors (Lipinski definition) is 4. The first-order chi connectivity index (χ1) is 26.9. The maximum atomic E-state index is 13.6. The van der Waals surface area contributed by atoms with Crippen molar-refractivity contribution in [2.45, 2.75) is 63.7 Å². The number of ether oxygens (including phenoxy) is 1. The van der Waals surface area contributed by atoms with Crippen LogP contribution in [0.15, 0.2) is 85.1 Å². The number of urea groups is 1. The van der Waals surface area contributed by atoms with Gasteiger partial charge in [-0.3, -0.25) is 24.6 Å². The molecule has 6 amide bonds. The van der Waals surface area contributed by atoms with Crippen LogP contribution in [0.1, 0.15) is 63.0 Å². The number of carbonyl (C=O) groups excluding carboxylic acids is 5. The van der Waals surface area contributed by atoms with E-state index in [0.29, 0.717) is 37.4 Å². The number of amides is 6. The van der Waals surface area contributed by atoms with E-state index in [1.165, 1.54) is 7.11 Å². The highest BCUT2D eigenvalue weighted by molar-refractivity contribution is 6.04. The lowest BCUT2D eigenvalue weighted by molar-refractivity contribution is -0.142. The van der Waals surface area contributed by atoms with Gasteiger partial charge in [0, 0.05) is 18.8 Å². The molecule has 14 nitrogen and oxygen atoms in total. The van der Waals surface area contributed by atoms with E-state index in [9.17, 15) is 24.0 Å². The van der Waals surface area contributed by atoms with Crippen molar-refractivity contribution in [2.24, 2.45) is 5.92 Å². The van der Waals surface area contributed by atoms with Gasteiger partial charge in [0.1, 0.15) is 23.9 Å². The van der Waals surface area contributed by atoms with Gasteiger partial charge in [0.25, 0.3) is 5.91 Å². The van der Waals surface area contributed by atoms with Crippen molar-refractivity contribution in [1.29, 1.82) is 0 Å². The van der Waals surface area contributed by atoms with Gasteiger partial charge in [-0.1, -0.05) is 80.6 Å². The summed E-state index contributed by atoms with van der Waals surface area (Å²) in [6.07, 6.45) is 3.87. The number of likely N-dealkylation sites (N-methyl/N-ethyl adjacent to an activating group) is 1. The molecule has 4 atom stereocenters. The van der Waals surface area contributed by atoms with Crippen LogP contribution in [0.25, 0.3) is 22.4 Å². The Morgan fingerprint density at radius 2 is 1.45 bits per heavy atom. The molecule has 294 valence electrons. The minimum atomic E-state index is -0.737. The number of carbonyl (C=O) groups is 5. The second-order valence-corrected chi connectivity index (χ2v) is 14.8. The zero-order chi connectivity index (χ0) is 39.9. The summed E-state index contributed by atoms with van der Waals surface area (Å²) in [6, 6.07) is 21.8. The lowest BCUT2D eigenvalue weighted by Gasteiger charge is -2.31. The van der Waals surface area contributed by atoms with Crippen molar-refractivity contribution in [2.75, 3.05) is 39.6 Å². The highest BCUT2D eigenvalue weighted by Crippen LogP contribution is 2.33. The third-order valence-electron chi connectivity index (χ3n) is 10.5. The first-order valence-corrected chi connectivity index (χ1v) is 19.0. The quantitative estimate of drug-likeness (QED) is 0.150. The molecule has 4 aromatic rings. The maximum absolute atomic E-state index is 13.6. The minimum Gasteiger partial charge on any atom is -0.453 e. The molecule has 2 aliphatic rings. The number of H-pyrrole nitrogens is 1. The number of hydrogen-bond acceptors (Lipinski definition) is 8. The van der Waals surface area contributed by atoms with Gasteiger partial charge in [-0.05, 0) is 80.1 Å². The largest absolute Gasteiger partial charge is 0.453 e. The Labute approximate surface area is 327 Å². The summed E-state index contributed by atoms with van der Waals surface area (Å²) in [5, 5.41) is 7.84. The Hall–Kier alpha value is -6.02. The van der Waals surface area contributed by atoms with Gasteiger partial charge in [0.2, 0.25) is 11.8 Å². The predicted octanol–water partition coefficient (Wildman–Crippen LogP) is 5.73. The molecule has 3 heterocycles. The van der Waals surface area contributed by atoms with E-state index in [4.69, 9.17) is 4.74 Å². The van der Waals surface area contributed by atoms with Crippen LogP contribution >= 0.6 is 0 Å². The molecule has 4 N–H and O–H groups in total. The fourth-order valence-corrected chi connectivity index (χ4v) is 7.55. The first kappa shape index (κ1) is 39.7. The smallest absolute Gasteiger partial charge is 0.407 e. The van der Waals surface area contributed by atoms with E-state index in [2.05, 4.69) is 25.9 Å². The van der Waals surface area contributed by atoms with Gasteiger partial charge in [0.05, 0.1) is 25.0 Å². The molecule has 0 saturated carbocycles. The Morgan fingerprint density at radius 3 is 2.09 bits per heavy atom. The first-order valence-electron chi connectivity index (χ1n) is 19.0. The van der Waals surface area contributed by atoms with Gasteiger partial charge in [-0.15, -0.1) is 0 Å². The zero-order valence-corrected chi connectivity index (χ0v) is 32.5. The summed E-state index contributed by atoms with van der Waals surface area (Å²) >= 11 is 0. The molecule has 2 aliphatic heterocycles. The fourth-order valence-electron chi connectivity index (χ4n) is 7.55. The van der Waals surface area contributed by atoms with E-state index in [1.807, 2.05) is 99.6 Å². The molecule has 0 radical (unpaired) electrons. The summed E-state index contributed by atoms with van der Waals surface area (Å²) in [7, 11) is 4.95. The second kappa shape index (κ2) is 17.6. The molecule has 0 spiro atoms. The van der Waals surface area contributed by atoms with Crippen LogP contribution in [0.4, 0.5) is 15.3 Å². The van der Waals surface area contributed by atoms with Crippen LogP contribution in [-0.2, 0) is 19.1 Å². The standard InChI is InChI=1S/C42H50N8O6/c1-26(2)35(46-42(55)56-5)39(52)49-23-9-13-33(49)37-43-25-32(45-37)29-17-15-27(16-18-29)28-19-21-31(22-20-28)44-41(54)47-38(51)34-14-10-24-50(34)40(53)36(48(3)4)30-11-7-6-8-12-30/h6-8,11-12,15-22,25-26,33-36H,9-10,13-14,23-24H2,1-5H3,(H,43,45)(H,46,55)(H2,44,47,51,54). The van der Waals surface area contributed by atoms with Crippen molar-refractivity contribution >= 4 is 35.5 Å². The number of benzene rings is 3. The molecule has 4 unspecified atom stereocenters. The van der Waals surface area contributed by atoms with Crippen molar-refractivity contribution in [3.63, 3.8) is 0 Å². The summed E-state index contributed by atoms with van der Waals surface area (Å²) in [6.45, 7) is 4.79. The van der Waals surface area contributed by atoms with Gasteiger partial charge in [-0.2, -0.15) is 0 Å². The molecule has 56 heavy (non-hydrogen) atoms. The van der Waals surface area contributed by atoms with Crippen LogP contribution in [0, 0.1) is 5.92 Å². The highest BCUT2D eigenvalue weighted by Gasteiger charge is 2.39. The van der Waals surface area contributed by atoms with Crippen molar-refractivity contribution < 1.29 is 28.7 Å². The third-order valence-corrected chi connectivity index (χ3v) is 10.5. The summed E-state index contributed by atoms with van der Waals surface area (Å²) in [5.41, 5.74) is 4.99. The monoisotopic (exact) mass is 762 g/mol. The number of likely N-dealkylation sites (tertiary alicyclic amines) is 2. The topological polar surface area (TPSA) is 169 Å². The van der Waals surface area contributed by atoms with Crippen LogP contribution < -0.4 is 16.0 Å². The number of methoxy groups -OCH3 is 1. The van der Waals surface area contributed by atoms with Crippen molar-refractivity contribution in [3.8, 4) is 22.4 Å². The number of nitrogens with zero attached hydrogens (tertiary/aromatic N) is 4. The number of alkyl carbamates (subject to hydrolysis) is 1. The summed E-state index contributed by atoms with van der Waals surface area (Å²) < 4.78 is 4.74. The minimum absolute atomic E-state index is 0.119. The summed E-state index contributed by atoms with van der Waals surface area (Å²) in [4.78, 5) is 78.4. The molecule has 14 heteroatoms. The number of aromatic nitrogens is 2. The summed E-state index contributed by atoms with van der Waals surface area (Å²) in [5.74, 6) is -0.270. The predicted molar refractivity (Wildman–Crippen MR) is 212 cm³/mol. The maximum Gasteiger partial charge on any atom is 0.407 e. The molecule has 6 rings (SSSR count). The Bertz CT molecular complexity index is 2010. The van der Waals surface area contributed by atoms with E-state index < -0.39 is 36.2 Å². The molecule has 1 aromatic heterocycles. The van der Waals surface area contributed by atoms with E-state index in [-0.39, 0.29) is 23.8 Å². The van der Waals surface area contributed by atoms with Crippen molar-refractivity contribution in [3.05, 3.63) is 96.4 Å². The molecule has 2 fully saturated rings. The average Bonchev–Trinajstić information content (AvgIpc) is 3.99. The number of imide groups is 1. The number of imidazole rings is 1. The Kier molecular flexibility index (Phi) is 12.5. The van der Waals surface area contributed by atoms with Gasteiger partial charge in [0.15, 0.2) is 0 Å². The lowest BCUT2D eigenvalue weighted by Crippen LogP contribution is -2.51. The van der Waals surface area contributed by atoms with Gasteiger partial charge >= 0.3 is 12.1 Å². The number of rotatable bonds is 11. The molecule has 0 bridgehead atoms. The SMILES string of the molecule is COC(=O)NC(C(=O)N1CCCC1c1ncc(-c2ccc(-c3ccc(NC(=O)NC(=O)C4CCCN4C(=O)C(c4ccccc4)N(C)C)cc3)cc2)[nH]1)C(C)C. The number of aromatic amines is 1. The van der Waals surface area contributed by atoms with E-state index in [0.717, 1.165) is 40.8 Å². The average molecular weight is 763 g/mol. The molecular weight excluding hydrogens is 713 g/mol. The third kappa shape index (κ3) is 8.92. The number of anilines is 1. The van der Waals surface area contributed by atoms with Crippen LogP contribution in [0.5, 0.6) is 0 Å². The van der Waals surface area contributed by atoms with Crippen LogP contribution in [0.3, 0.4) is 0 Å². The van der Waals surface area contributed by atoms with Crippen LogP contribution in [-0.4, -0.2) is 101 Å². The lowest BCUT2D eigenvalue weighted by atomic mass is 10.0. The van der Waals surface area contributed by atoms with Crippen molar-refractivity contribution in [1.82, 2.24) is 35.3 Å². The molecule has 3 aromatic carbocycles. The second-order valence-electron chi connectivity index (χ2n) is 14.8. The van der Waals surface area contributed by atoms with Gasteiger partial charge < -0.3 is 30.2 Å². The van der Waals surface area contributed by atoms with E-state index in [1.54, 1.807) is 28.1 Å². The fraction of sp³-hybridized carbons (Fsp3) is 0.381. The van der Waals surface area contributed by atoms with E-state index >= 15 is 0 Å². The molecule has 0 aliphatic carbocycles. The molecular formula is C42H50N8O6. The van der Waals surface area contributed by atoms with Crippen LogP contribution in [0.2, 0.25) is 0 Å². The normalized spacial score (nSPS) is 17.8. The highest BCUT2D eigenvalue weighted by atomic mass is 16.5. The Morgan fingerprint density at radius 1 is 0.821 bits per heavy atom. The zero-order valence-electron chi connectivity index (χ0n) is 32.5. The van der Waals surface area contributed by atoms with Gasteiger partial charge in [-0.25, -0.2) is 14.6 Å². The Balaban J connectivity index is 1.04.